The van der Waals surface area contributed by atoms with Crippen molar-refractivity contribution < 1.29 is 0 Å². The molecule has 0 saturated heterocycles. The summed E-state index contributed by atoms with van der Waals surface area (Å²) in [4.78, 5) is 11.5. The van der Waals surface area contributed by atoms with Crippen LogP contribution in [0.15, 0.2) is 54.6 Å². The molecule has 3 aromatic rings. The van der Waals surface area contributed by atoms with Gasteiger partial charge in [0.25, 0.3) is 0 Å². The molecule has 1 aromatic heterocycles. The van der Waals surface area contributed by atoms with Crippen molar-refractivity contribution in [3.63, 3.8) is 0 Å². The molecule has 2 aromatic carbocycles. The first kappa shape index (κ1) is 19.1. The van der Waals surface area contributed by atoms with E-state index in [1.807, 2.05) is 75.6 Å². The van der Waals surface area contributed by atoms with Crippen LogP contribution in [0.5, 0.6) is 0 Å². The predicted molar refractivity (Wildman–Crippen MR) is 114 cm³/mol. The number of hydrogen-bond acceptors (Lipinski definition) is 5. The van der Waals surface area contributed by atoms with E-state index in [1.54, 1.807) is 0 Å². The van der Waals surface area contributed by atoms with Gasteiger partial charge in [-0.05, 0) is 38.7 Å². The maximum Gasteiger partial charge on any atom is 0.163 e. The molecule has 0 spiro atoms. The van der Waals surface area contributed by atoms with E-state index in [4.69, 9.17) is 11.6 Å². The number of likely N-dealkylation sites (N-methyl/N-ethyl adjacent to an activating group) is 1. The van der Waals surface area contributed by atoms with Crippen molar-refractivity contribution in [2.75, 3.05) is 37.8 Å². The third kappa shape index (κ3) is 5.42. The number of anilines is 3. The van der Waals surface area contributed by atoms with Gasteiger partial charge in [-0.15, -0.1) is 0 Å². The van der Waals surface area contributed by atoms with E-state index in [-0.39, 0.29) is 0 Å². The number of nitrogens with one attached hydrogen (secondary N) is 2. The van der Waals surface area contributed by atoms with Crippen LogP contribution in [0.2, 0.25) is 5.02 Å². The van der Waals surface area contributed by atoms with E-state index >= 15 is 0 Å². The fourth-order valence-corrected chi connectivity index (χ4v) is 2.72. The van der Waals surface area contributed by atoms with Crippen LogP contribution in [0, 0.1) is 6.92 Å². The number of halogens is 1. The van der Waals surface area contributed by atoms with Crippen molar-refractivity contribution in [2.45, 2.75) is 6.92 Å². The van der Waals surface area contributed by atoms with E-state index in [1.165, 1.54) is 0 Å². The summed E-state index contributed by atoms with van der Waals surface area (Å²) in [5.41, 5.74) is 2.90. The highest BCUT2D eigenvalue weighted by molar-refractivity contribution is 6.31. The lowest BCUT2D eigenvalue weighted by Gasteiger charge is -2.14. The Morgan fingerprint density at radius 1 is 0.963 bits per heavy atom. The highest BCUT2D eigenvalue weighted by Crippen LogP contribution is 2.25. The van der Waals surface area contributed by atoms with Crippen molar-refractivity contribution >= 4 is 28.9 Å². The molecule has 0 saturated carbocycles. The van der Waals surface area contributed by atoms with Crippen LogP contribution in [-0.4, -0.2) is 42.1 Å². The molecule has 0 amide bonds. The fourth-order valence-electron chi connectivity index (χ4n) is 2.54. The summed E-state index contributed by atoms with van der Waals surface area (Å²) < 4.78 is 0. The Balaban J connectivity index is 1.90. The Hall–Kier alpha value is -2.63. The highest BCUT2D eigenvalue weighted by atomic mass is 35.5. The van der Waals surface area contributed by atoms with Gasteiger partial charge in [0, 0.05) is 35.4 Å². The van der Waals surface area contributed by atoms with E-state index in [9.17, 15) is 0 Å². The molecule has 0 radical (unpaired) electrons. The summed E-state index contributed by atoms with van der Waals surface area (Å²) in [7, 11) is 4.09. The Kier molecular flexibility index (Phi) is 6.27. The van der Waals surface area contributed by atoms with Gasteiger partial charge < -0.3 is 15.5 Å². The standard InChI is InChI=1S/C21H24ClN5/c1-15-9-10-17(13-18(15)22)24-20-14-19(23-11-12-27(2)3)25-21(26-20)16-7-5-4-6-8-16/h4-10,13-14H,11-12H2,1-3H3,(H2,23,24,25,26). The number of nitrogens with zero attached hydrogens (tertiary/aromatic N) is 3. The van der Waals surface area contributed by atoms with E-state index in [0.29, 0.717) is 5.82 Å². The summed E-state index contributed by atoms with van der Waals surface area (Å²) in [6.07, 6.45) is 0. The minimum Gasteiger partial charge on any atom is -0.369 e. The third-order valence-electron chi connectivity index (χ3n) is 4.07. The highest BCUT2D eigenvalue weighted by Gasteiger charge is 2.08. The molecule has 27 heavy (non-hydrogen) atoms. The molecular formula is C21H24ClN5. The Morgan fingerprint density at radius 2 is 1.70 bits per heavy atom. The molecule has 3 rings (SSSR count). The Labute approximate surface area is 165 Å². The average Bonchev–Trinajstić information content (AvgIpc) is 2.65. The van der Waals surface area contributed by atoms with Crippen LogP contribution < -0.4 is 10.6 Å². The normalized spacial score (nSPS) is 10.9. The zero-order valence-corrected chi connectivity index (χ0v) is 16.6. The third-order valence-corrected chi connectivity index (χ3v) is 4.47. The monoisotopic (exact) mass is 381 g/mol. The van der Waals surface area contributed by atoms with Crippen molar-refractivity contribution in [3.8, 4) is 11.4 Å². The number of aryl methyl sites for hydroxylation is 1. The topological polar surface area (TPSA) is 53.1 Å². The molecule has 1 heterocycles. The molecule has 0 aliphatic carbocycles. The van der Waals surface area contributed by atoms with Gasteiger partial charge in [0.2, 0.25) is 0 Å². The lowest BCUT2D eigenvalue weighted by molar-refractivity contribution is 0.425. The van der Waals surface area contributed by atoms with Crippen LogP contribution in [-0.2, 0) is 0 Å². The molecule has 0 bridgehead atoms. The Morgan fingerprint density at radius 3 is 2.41 bits per heavy atom. The molecule has 5 nitrogen and oxygen atoms in total. The smallest absolute Gasteiger partial charge is 0.163 e. The number of hydrogen-bond donors (Lipinski definition) is 2. The quantitative estimate of drug-likeness (QED) is 0.614. The van der Waals surface area contributed by atoms with Crippen LogP contribution in [0.1, 0.15) is 5.56 Å². The molecule has 140 valence electrons. The molecule has 0 aliphatic heterocycles. The summed E-state index contributed by atoms with van der Waals surface area (Å²) in [6, 6.07) is 17.8. The molecule has 2 N–H and O–H groups in total. The first-order chi connectivity index (χ1) is 13.0. The van der Waals surface area contributed by atoms with Crippen LogP contribution in [0.4, 0.5) is 17.3 Å². The maximum atomic E-state index is 6.25. The largest absolute Gasteiger partial charge is 0.369 e. The van der Waals surface area contributed by atoms with Gasteiger partial charge in [0.05, 0.1) is 0 Å². The summed E-state index contributed by atoms with van der Waals surface area (Å²) in [6.45, 7) is 3.70. The molecule has 6 heteroatoms. The van der Waals surface area contributed by atoms with Crippen molar-refractivity contribution in [2.24, 2.45) is 0 Å². The van der Waals surface area contributed by atoms with Gasteiger partial charge in [0.15, 0.2) is 5.82 Å². The second-order valence-corrected chi connectivity index (χ2v) is 7.05. The second kappa shape index (κ2) is 8.84. The molecule has 0 fully saturated rings. The van der Waals surface area contributed by atoms with Crippen molar-refractivity contribution in [3.05, 3.63) is 65.2 Å². The van der Waals surface area contributed by atoms with Crippen molar-refractivity contribution in [1.29, 1.82) is 0 Å². The maximum absolute atomic E-state index is 6.25. The predicted octanol–water partition coefficient (Wildman–Crippen LogP) is 4.82. The van der Waals surface area contributed by atoms with Gasteiger partial charge in [-0.2, -0.15) is 0 Å². The molecule has 0 aliphatic rings. The lowest BCUT2D eigenvalue weighted by atomic mass is 10.2. The van der Waals surface area contributed by atoms with E-state index in [2.05, 4.69) is 25.5 Å². The zero-order chi connectivity index (χ0) is 19.2. The fraction of sp³-hybridized carbons (Fsp3) is 0.238. The van der Waals surface area contributed by atoms with Gasteiger partial charge >= 0.3 is 0 Å². The van der Waals surface area contributed by atoms with Gasteiger partial charge in [-0.25, -0.2) is 9.97 Å². The minimum absolute atomic E-state index is 0.672. The van der Waals surface area contributed by atoms with Gasteiger partial charge in [-0.1, -0.05) is 48.0 Å². The SMILES string of the molecule is Cc1ccc(Nc2cc(NCCN(C)C)nc(-c3ccccc3)n2)cc1Cl. The molecule has 0 unspecified atom stereocenters. The average molecular weight is 382 g/mol. The number of aromatic nitrogens is 2. The Bertz CT molecular complexity index is 896. The summed E-state index contributed by atoms with van der Waals surface area (Å²) >= 11 is 6.25. The molecule has 0 atom stereocenters. The van der Waals surface area contributed by atoms with Crippen LogP contribution in [0.3, 0.4) is 0 Å². The minimum atomic E-state index is 0.672. The first-order valence-electron chi connectivity index (χ1n) is 8.87. The van der Waals surface area contributed by atoms with Crippen LogP contribution >= 0.6 is 11.6 Å². The van der Waals surface area contributed by atoms with E-state index in [0.717, 1.165) is 46.6 Å². The van der Waals surface area contributed by atoms with Crippen LogP contribution in [0.25, 0.3) is 11.4 Å². The van der Waals surface area contributed by atoms with E-state index < -0.39 is 0 Å². The summed E-state index contributed by atoms with van der Waals surface area (Å²) in [5.74, 6) is 2.17. The number of benzene rings is 2. The first-order valence-corrected chi connectivity index (χ1v) is 9.25. The molecular weight excluding hydrogens is 358 g/mol. The second-order valence-electron chi connectivity index (χ2n) is 6.65. The van der Waals surface area contributed by atoms with Gasteiger partial charge in [-0.3, -0.25) is 0 Å². The summed E-state index contributed by atoms with van der Waals surface area (Å²) in [5, 5.41) is 7.43. The van der Waals surface area contributed by atoms with Gasteiger partial charge in [0.1, 0.15) is 11.6 Å². The number of rotatable bonds is 7. The van der Waals surface area contributed by atoms with Crippen molar-refractivity contribution in [1.82, 2.24) is 14.9 Å². The lowest BCUT2D eigenvalue weighted by Crippen LogP contribution is -2.21. The zero-order valence-electron chi connectivity index (χ0n) is 15.8.